The number of nitrogens with one attached hydrogen (secondary N) is 1. The van der Waals surface area contributed by atoms with Gasteiger partial charge < -0.3 is 10.2 Å². The van der Waals surface area contributed by atoms with Crippen LogP contribution in [0.1, 0.15) is 13.8 Å². The molecule has 6 nitrogen and oxygen atoms in total. The summed E-state index contributed by atoms with van der Waals surface area (Å²) in [4.78, 5) is 13.9. The summed E-state index contributed by atoms with van der Waals surface area (Å²) in [5, 5.41) is 2.66. The van der Waals surface area contributed by atoms with E-state index in [1.54, 1.807) is 51.2 Å². The van der Waals surface area contributed by atoms with Crippen molar-refractivity contribution in [2.45, 2.75) is 18.7 Å². The SMILES string of the molecule is CCN(CC)S(=O)(=O)c1cccc(NC(=O)CN(C)c2ccccc2F)c1. The molecule has 0 aliphatic heterocycles. The minimum absolute atomic E-state index is 0.0754. The average molecular weight is 393 g/mol. The predicted molar refractivity (Wildman–Crippen MR) is 105 cm³/mol. The van der Waals surface area contributed by atoms with Crippen molar-refractivity contribution >= 4 is 27.3 Å². The lowest BCUT2D eigenvalue weighted by Crippen LogP contribution is -2.31. The number of amides is 1. The number of halogens is 1. The Morgan fingerprint density at radius 2 is 1.74 bits per heavy atom. The Hall–Kier alpha value is -2.45. The monoisotopic (exact) mass is 393 g/mol. The zero-order chi connectivity index (χ0) is 20.0. The molecule has 0 heterocycles. The van der Waals surface area contributed by atoms with Crippen LogP contribution in [0.15, 0.2) is 53.4 Å². The van der Waals surface area contributed by atoms with Gasteiger partial charge in [-0.25, -0.2) is 12.8 Å². The summed E-state index contributed by atoms with van der Waals surface area (Å²) in [6, 6.07) is 12.3. The van der Waals surface area contributed by atoms with Crippen molar-refractivity contribution in [3.63, 3.8) is 0 Å². The van der Waals surface area contributed by atoms with Crippen LogP contribution in [0, 0.1) is 5.82 Å². The zero-order valence-corrected chi connectivity index (χ0v) is 16.5. The molecule has 1 amide bonds. The molecule has 0 fully saturated rings. The molecule has 8 heteroatoms. The van der Waals surface area contributed by atoms with Gasteiger partial charge in [-0.15, -0.1) is 0 Å². The summed E-state index contributed by atoms with van der Waals surface area (Å²) in [6.07, 6.45) is 0. The number of likely N-dealkylation sites (N-methyl/N-ethyl adjacent to an activating group) is 1. The molecule has 0 atom stereocenters. The largest absolute Gasteiger partial charge is 0.363 e. The van der Waals surface area contributed by atoms with E-state index >= 15 is 0 Å². The van der Waals surface area contributed by atoms with E-state index in [1.165, 1.54) is 27.4 Å². The molecule has 0 aliphatic carbocycles. The minimum atomic E-state index is -3.61. The van der Waals surface area contributed by atoms with E-state index in [4.69, 9.17) is 0 Å². The first-order valence-corrected chi connectivity index (χ1v) is 10.1. The zero-order valence-electron chi connectivity index (χ0n) is 15.6. The third kappa shape index (κ3) is 5.05. The number of nitrogens with zero attached hydrogens (tertiary/aromatic N) is 2. The standard InChI is InChI=1S/C19H24FN3O3S/c1-4-23(5-2)27(25,26)16-10-8-9-15(13-16)21-19(24)14-22(3)18-12-7-6-11-17(18)20/h6-13H,4-5,14H2,1-3H3,(H,21,24). The lowest BCUT2D eigenvalue weighted by molar-refractivity contribution is -0.114. The highest BCUT2D eigenvalue weighted by Crippen LogP contribution is 2.20. The van der Waals surface area contributed by atoms with E-state index in [9.17, 15) is 17.6 Å². The number of hydrogen-bond donors (Lipinski definition) is 1. The maximum absolute atomic E-state index is 13.8. The van der Waals surface area contributed by atoms with Gasteiger partial charge >= 0.3 is 0 Å². The topological polar surface area (TPSA) is 69.7 Å². The number of sulfonamides is 1. The average Bonchev–Trinajstić information content (AvgIpc) is 2.63. The van der Waals surface area contributed by atoms with E-state index in [1.807, 2.05) is 0 Å². The van der Waals surface area contributed by atoms with E-state index in [0.29, 0.717) is 24.5 Å². The van der Waals surface area contributed by atoms with Gasteiger partial charge in [0.1, 0.15) is 5.82 Å². The fourth-order valence-electron chi connectivity index (χ4n) is 2.71. The molecule has 0 spiro atoms. The number of hydrogen-bond acceptors (Lipinski definition) is 4. The van der Waals surface area contributed by atoms with Gasteiger partial charge in [0.05, 0.1) is 17.1 Å². The normalized spacial score (nSPS) is 11.4. The van der Waals surface area contributed by atoms with Gasteiger partial charge in [-0.05, 0) is 30.3 Å². The van der Waals surface area contributed by atoms with Crippen LogP contribution in [0.25, 0.3) is 0 Å². The molecule has 0 bridgehead atoms. The van der Waals surface area contributed by atoms with Gasteiger partial charge in [0.25, 0.3) is 0 Å². The fourth-order valence-corrected chi connectivity index (χ4v) is 4.21. The second kappa shape index (κ2) is 8.96. The van der Waals surface area contributed by atoms with Crippen LogP contribution >= 0.6 is 0 Å². The van der Waals surface area contributed by atoms with Crippen molar-refractivity contribution in [3.05, 3.63) is 54.3 Å². The summed E-state index contributed by atoms with van der Waals surface area (Å²) >= 11 is 0. The van der Waals surface area contributed by atoms with Gasteiger partial charge in [0.2, 0.25) is 15.9 Å². The van der Waals surface area contributed by atoms with Crippen LogP contribution in [0.4, 0.5) is 15.8 Å². The third-order valence-corrected chi connectivity index (χ3v) is 6.15. The van der Waals surface area contributed by atoms with Crippen molar-refractivity contribution in [1.82, 2.24) is 4.31 Å². The molecule has 0 aromatic heterocycles. The molecule has 2 rings (SSSR count). The molecule has 0 radical (unpaired) electrons. The molecule has 0 unspecified atom stereocenters. The Bertz CT molecular complexity index is 899. The van der Waals surface area contributed by atoms with E-state index in [2.05, 4.69) is 5.32 Å². The first-order chi connectivity index (χ1) is 12.8. The number of anilines is 2. The van der Waals surface area contributed by atoms with Gasteiger partial charge in [-0.2, -0.15) is 4.31 Å². The highest BCUT2D eigenvalue weighted by atomic mass is 32.2. The van der Waals surface area contributed by atoms with Crippen molar-refractivity contribution in [2.24, 2.45) is 0 Å². The van der Waals surface area contributed by atoms with Crippen LogP contribution in [-0.4, -0.2) is 45.3 Å². The molecule has 27 heavy (non-hydrogen) atoms. The third-order valence-electron chi connectivity index (χ3n) is 4.11. The van der Waals surface area contributed by atoms with E-state index < -0.39 is 15.8 Å². The van der Waals surface area contributed by atoms with Crippen molar-refractivity contribution < 1.29 is 17.6 Å². The van der Waals surface area contributed by atoms with Crippen molar-refractivity contribution in [2.75, 3.05) is 36.9 Å². The van der Waals surface area contributed by atoms with Gasteiger partial charge in [-0.1, -0.05) is 32.0 Å². The number of carbonyl (C=O) groups excluding carboxylic acids is 1. The van der Waals surface area contributed by atoms with Crippen molar-refractivity contribution in [1.29, 1.82) is 0 Å². The highest BCUT2D eigenvalue weighted by molar-refractivity contribution is 7.89. The van der Waals surface area contributed by atoms with Gasteiger partial charge in [-0.3, -0.25) is 4.79 Å². The molecule has 0 aliphatic rings. The van der Waals surface area contributed by atoms with Gasteiger partial charge in [0.15, 0.2) is 0 Å². The van der Waals surface area contributed by atoms with Crippen LogP contribution in [0.3, 0.4) is 0 Å². The fraction of sp³-hybridized carbons (Fsp3) is 0.316. The summed E-state index contributed by atoms with van der Waals surface area (Å²) in [5.74, 6) is -0.793. The molecular formula is C19H24FN3O3S. The van der Waals surface area contributed by atoms with Crippen LogP contribution < -0.4 is 10.2 Å². The predicted octanol–water partition coefficient (Wildman–Crippen LogP) is 2.93. The Morgan fingerprint density at radius 1 is 1.07 bits per heavy atom. The quantitative estimate of drug-likeness (QED) is 0.749. The Labute approximate surface area is 159 Å². The molecule has 2 aromatic rings. The number of benzene rings is 2. The second-order valence-corrected chi connectivity index (χ2v) is 7.91. The molecular weight excluding hydrogens is 369 g/mol. The Morgan fingerprint density at radius 3 is 2.37 bits per heavy atom. The summed E-state index contributed by atoms with van der Waals surface area (Å²) in [5.41, 5.74) is 0.681. The van der Waals surface area contributed by atoms with Gasteiger partial charge in [0, 0.05) is 25.8 Å². The summed E-state index contributed by atoms with van der Waals surface area (Å²) < 4.78 is 40.3. The lowest BCUT2D eigenvalue weighted by Gasteiger charge is -2.20. The Kier molecular flexibility index (Phi) is 6.92. The second-order valence-electron chi connectivity index (χ2n) is 5.97. The number of rotatable bonds is 8. The Balaban J connectivity index is 2.12. The molecule has 2 aromatic carbocycles. The van der Waals surface area contributed by atoms with E-state index in [-0.39, 0.29) is 17.3 Å². The first-order valence-electron chi connectivity index (χ1n) is 8.65. The first kappa shape index (κ1) is 20.9. The number of carbonyl (C=O) groups is 1. The maximum atomic E-state index is 13.8. The van der Waals surface area contributed by atoms with Crippen LogP contribution in [0.5, 0.6) is 0 Å². The lowest BCUT2D eigenvalue weighted by atomic mass is 10.2. The summed E-state index contributed by atoms with van der Waals surface area (Å²) in [6.45, 7) is 4.19. The van der Waals surface area contributed by atoms with Crippen LogP contribution in [-0.2, 0) is 14.8 Å². The maximum Gasteiger partial charge on any atom is 0.243 e. The number of para-hydroxylation sites is 1. The molecule has 1 N–H and O–H groups in total. The summed E-state index contributed by atoms with van der Waals surface area (Å²) in [7, 11) is -2.00. The molecule has 146 valence electrons. The smallest absolute Gasteiger partial charge is 0.243 e. The highest BCUT2D eigenvalue weighted by Gasteiger charge is 2.22. The molecule has 0 saturated heterocycles. The van der Waals surface area contributed by atoms with Crippen molar-refractivity contribution in [3.8, 4) is 0 Å². The van der Waals surface area contributed by atoms with E-state index in [0.717, 1.165) is 0 Å². The van der Waals surface area contributed by atoms with Crippen LogP contribution in [0.2, 0.25) is 0 Å². The molecule has 0 saturated carbocycles. The minimum Gasteiger partial charge on any atom is -0.363 e.